The highest BCUT2D eigenvalue weighted by molar-refractivity contribution is 5.93. The largest absolute Gasteiger partial charge is 0.382 e. The summed E-state index contributed by atoms with van der Waals surface area (Å²) in [5, 5.41) is 7.41. The maximum atomic E-state index is 7.41. The molecule has 1 aromatic rings. The van der Waals surface area contributed by atoms with Crippen LogP contribution >= 0.6 is 0 Å². The van der Waals surface area contributed by atoms with Crippen LogP contribution in [0.2, 0.25) is 0 Å². The third kappa shape index (κ3) is 2.75. The van der Waals surface area contributed by atoms with Gasteiger partial charge in [0, 0.05) is 13.1 Å². The summed E-state index contributed by atoms with van der Waals surface area (Å²) in [5.41, 5.74) is 6.03. The number of nitrogens with two attached hydrogens (primary N) is 1. The van der Waals surface area contributed by atoms with Gasteiger partial charge in [0.25, 0.3) is 0 Å². The lowest BCUT2D eigenvalue weighted by atomic mass is 10.0. The van der Waals surface area contributed by atoms with E-state index < -0.39 is 0 Å². The summed E-state index contributed by atoms with van der Waals surface area (Å²) in [4.78, 5) is 6.72. The van der Waals surface area contributed by atoms with Crippen molar-refractivity contribution in [1.29, 1.82) is 5.41 Å². The lowest BCUT2D eigenvalue weighted by molar-refractivity contribution is 0.529. The van der Waals surface area contributed by atoms with Gasteiger partial charge in [-0.3, -0.25) is 5.41 Å². The first-order chi connectivity index (χ1) is 8.20. The smallest absolute Gasteiger partial charge is 0.141 e. The van der Waals surface area contributed by atoms with Gasteiger partial charge < -0.3 is 10.6 Å². The predicted octanol–water partition coefficient (Wildman–Crippen LogP) is 1.99. The van der Waals surface area contributed by atoms with Gasteiger partial charge >= 0.3 is 0 Å². The molecule has 92 valence electrons. The number of hydrogen-bond donors (Lipinski definition) is 2. The normalized spacial score (nSPS) is 19.6. The lowest BCUT2D eigenvalue weighted by Gasteiger charge is -2.18. The average Bonchev–Trinajstić information content (AvgIpc) is 2.78. The topological polar surface area (TPSA) is 66.0 Å². The molecule has 1 aliphatic rings. The maximum Gasteiger partial charge on any atom is 0.141 e. The highest BCUT2D eigenvalue weighted by Gasteiger charge is 2.22. The lowest BCUT2D eigenvalue weighted by Crippen LogP contribution is -2.22. The number of nitrogens with one attached hydrogen (secondary N) is 1. The minimum Gasteiger partial charge on any atom is -0.382 e. The van der Waals surface area contributed by atoms with Gasteiger partial charge in [0.05, 0.1) is 0 Å². The molecule has 0 amide bonds. The number of anilines is 1. The second-order valence-electron chi connectivity index (χ2n) is 4.68. The van der Waals surface area contributed by atoms with Crippen LogP contribution in [0.4, 0.5) is 5.82 Å². The minimum absolute atomic E-state index is 0.0381. The van der Waals surface area contributed by atoms with E-state index in [1.807, 2.05) is 12.1 Å². The van der Waals surface area contributed by atoms with Crippen LogP contribution in [-0.4, -0.2) is 23.9 Å². The van der Waals surface area contributed by atoms with Crippen molar-refractivity contribution in [3.63, 3.8) is 0 Å². The van der Waals surface area contributed by atoms with Crippen molar-refractivity contribution in [3.05, 3.63) is 23.9 Å². The molecule has 1 saturated heterocycles. The number of amidine groups is 1. The fraction of sp³-hybridized carbons (Fsp3) is 0.538. The van der Waals surface area contributed by atoms with Crippen LogP contribution in [0.5, 0.6) is 0 Å². The number of pyridine rings is 1. The van der Waals surface area contributed by atoms with Crippen molar-refractivity contribution < 1.29 is 0 Å². The summed E-state index contributed by atoms with van der Waals surface area (Å²) in [7, 11) is 0. The monoisotopic (exact) mass is 232 g/mol. The molecule has 0 spiro atoms. The molecule has 1 atom stereocenters. The van der Waals surface area contributed by atoms with Crippen molar-refractivity contribution >= 4 is 11.7 Å². The van der Waals surface area contributed by atoms with Crippen LogP contribution in [0.3, 0.4) is 0 Å². The summed E-state index contributed by atoms with van der Waals surface area (Å²) < 4.78 is 0. The fourth-order valence-corrected chi connectivity index (χ4v) is 2.43. The Hall–Kier alpha value is -1.58. The first-order valence-corrected chi connectivity index (χ1v) is 6.27. The molecule has 1 unspecified atom stereocenters. The predicted molar refractivity (Wildman–Crippen MR) is 70.5 cm³/mol. The summed E-state index contributed by atoms with van der Waals surface area (Å²) in [6, 6.07) is 5.71. The molecule has 0 radical (unpaired) electrons. The highest BCUT2D eigenvalue weighted by Crippen LogP contribution is 2.25. The van der Waals surface area contributed by atoms with E-state index in [1.54, 1.807) is 6.07 Å². The SMILES string of the molecule is CCCC1CCN(c2cccc(C(=N)N)n2)C1. The van der Waals surface area contributed by atoms with Crippen molar-refractivity contribution in [2.45, 2.75) is 26.2 Å². The van der Waals surface area contributed by atoms with Crippen LogP contribution < -0.4 is 10.6 Å². The fourth-order valence-electron chi connectivity index (χ4n) is 2.43. The number of nitrogens with zero attached hydrogens (tertiary/aromatic N) is 2. The zero-order valence-electron chi connectivity index (χ0n) is 10.3. The summed E-state index contributed by atoms with van der Waals surface area (Å²) in [5.74, 6) is 1.79. The van der Waals surface area contributed by atoms with Crippen LogP contribution in [0.15, 0.2) is 18.2 Å². The van der Waals surface area contributed by atoms with Gasteiger partial charge in [-0.1, -0.05) is 19.4 Å². The van der Waals surface area contributed by atoms with Crippen molar-refractivity contribution in [2.24, 2.45) is 11.7 Å². The van der Waals surface area contributed by atoms with Gasteiger partial charge in [0.1, 0.15) is 17.3 Å². The van der Waals surface area contributed by atoms with Gasteiger partial charge in [-0.05, 0) is 30.9 Å². The van der Waals surface area contributed by atoms with E-state index in [4.69, 9.17) is 11.1 Å². The molecule has 2 rings (SSSR count). The molecule has 1 aromatic heterocycles. The Bertz CT molecular complexity index is 402. The zero-order chi connectivity index (χ0) is 12.3. The van der Waals surface area contributed by atoms with Crippen LogP contribution in [0, 0.1) is 11.3 Å². The molecule has 4 heteroatoms. The number of rotatable bonds is 4. The highest BCUT2D eigenvalue weighted by atomic mass is 15.2. The molecule has 3 N–H and O–H groups in total. The Kier molecular flexibility index (Phi) is 3.61. The van der Waals surface area contributed by atoms with Crippen molar-refractivity contribution in [1.82, 2.24) is 4.98 Å². The van der Waals surface area contributed by atoms with E-state index in [0.717, 1.165) is 24.8 Å². The molecule has 2 heterocycles. The molecule has 0 aliphatic carbocycles. The molecule has 1 fully saturated rings. The molecule has 0 bridgehead atoms. The maximum absolute atomic E-state index is 7.41. The molecule has 0 aromatic carbocycles. The van der Waals surface area contributed by atoms with E-state index in [1.165, 1.54) is 19.3 Å². The Balaban J connectivity index is 2.08. The second-order valence-corrected chi connectivity index (χ2v) is 4.68. The van der Waals surface area contributed by atoms with Crippen molar-refractivity contribution in [3.8, 4) is 0 Å². The quantitative estimate of drug-likeness (QED) is 0.616. The Morgan fingerprint density at radius 3 is 3.12 bits per heavy atom. The Labute approximate surface area is 102 Å². The van der Waals surface area contributed by atoms with Gasteiger partial charge in [-0.2, -0.15) is 0 Å². The summed E-state index contributed by atoms with van der Waals surface area (Å²) in [6.07, 6.45) is 3.79. The molecule has 1 aliphatic heterocycles. The Morgan fingerprint density at radius 1 is 1.59 bits per heavy atom. The van der Waals surface area contributed by atoms with E-state index in [-0.39, 0.29) is 5.84 Å². The van der Waals surface area contributed by atoms with Gasteiger partial charge in [-0.25, -0.2) is 4.98 Å². The molecule has 4 nitrogen and oxygen atoms in total. The number of hydrogen-bond acceptors (Lipinski definition) is 3. The molecular formula is C13H20N4. The number of aromatic nitrogens is 1. The van der Waals surface area contributed by atoms with E-state index in [9.17, 15) is 0 Å². The standard InChI is InChI=1S/C13H20N4/c1-2-4-10-7-8-17(9-10)12-6-3-5-11(16-12)13(14)15/h3,5-6,10H,2,4,7-9H2,1H3,(H3,14,15). The summed E-state index contributed by atoms with van der Waals surface area (Å²) >= 11 is 0. The van der Waals surface area contributed by atoms with E-state index in [0.29, 0.717) is 5.69 Å². The van der Waals surface area contributed by atoms with E-state index in [2.05, 4.69) is 16.8 Å². The molecular weight excluding hydrogens is 212 g/mol. The van der Waals surface area contributed by atoms with Gasteiger partial charge in [0.15, 0.2) is 0 Å². The van der Waals surface area contributed by atoms with E-state index >= 15 is 0 Å². The Morgan fingerprint density at radius 2 is 2.41 bits per heavy atom. The summed E-state index contributed by atoms with van der Waals surface area (Å²) in [6.45, 7) is 4.39. The second kappa shape index (κ2) is 5.17. The number of nitrogen functional groups attached to an aromatic ring is 1. The van der Waals surface area contributed by atoms with Gasteiger partial charge in [-0.15, -0.1) is 0 Å². The van der Waals surface area contributed by atoms with Crippen LogP contribution in [0.25, 0.3) is 0 Å². The zero-order valence-corrected chi connectivity index (χ0v) is 10.3. The average molecular weight is 232 g/mol. The van der Waals surface area contributed by atoms with Crippen LogP contribution in [0.1, 0.15) is 31.9 Å². The third-order valence-corrected chi connectivity index (χ3v) is 3.32. The van der Waals surface area contributed by atoms with Crippen molar-refractivity contribution in [2.75, 3.05) is 18.0 Å². The van der Waals surface area contributed by atoms with Crippen LogP contribution in [-0.2, 0) is 0 Å². The minimum atomic E-state index is 0.0381. The first kappa shape index (κ1) is 11.9. The molecule has 0 saturated carbocycles. The van der Waals surface area contributed by atoms with Gasteiger partial charge in [0.2, 0.25) is 0 Å². The third-order valence-electron chi connectivity index (χ3n) is 3.32. The molecule has 17 heavy (non-hydrogen) atoms. The first-order valence-electron chi connectivity index (χ1n) is 6.27.